The standard InChI is InChI=1S/C25H50O4/c1-10-14-19-23(8,12-3)26-28-25(21(5)17-16-18-22(25,6)7)29-27-24(9,13-4)20-15-11-2/h21H,10-20H2,1-9H3. The van der Waals surface area contributed by atoms with Crippen LogP contribution in [0.4, 0.5) is 0 Å². The summed E-state index contributed by atoms with van der Waals surface area (Å²) in [5.74, 6) is -0.720. The Morgan fingerprint density at radius 3 is 1.62 bits per heavy atom. The monoisotopic (exact) mass is 414 g/mol. The van der Waals surface area contributed by atoms with E-state index in [9.17, 15) is 0 Å². The Morgan fingerprint density at radius 1 is 0.828 bits per heavy atom. The molecular weight excluding hydrogens is 364 g/mol. The van der Waals surface area contributed by atoms with Crippen LogP contribution in [0.25, 0.3) is 0 Å². The molecule has 1 saturated carbocycles. The highest BCUT2D eigenvalue weighted by molar-refractivity contribution is 4.94. The van der Waals surface area contributed by atoms with E-state index in [0.717, 1.165) is 64.2 Å². The Kier molecular flexibility index (Phi) is 10.6. The molecule has 0 amide bonds. The normalized spacial score (nSPS) is 28.7. The lowest BCUT2D eigenvalue weighted by Gasteiger charge is -2.51. The molecule has 0 heterocycles. The van der Waals surface area contributed by atoms with Crippen LogP contribution < -0.4 is 0 Å². The van der Waals surface area contributed by atoms with Crippen LogP contribution in [0.5, 0.6) is 0 Å². The Labute approximate surface area is 181 Å². The molecule has 4 heteroatoms. The summed E-state index contributed by atoms with van der Waals surface area (Å²) in [5.41, 5.74) is -0.824. The summed E-state index contributed by atoms with van der Waals surface area (Å²) in [6, 6.07) is 0. The van der Waals surface area contributed by atoms with Crippen molar-refractivity contribution < 1.29 is 19.6 Å². The summed E-state index contributed by atoms with van der Waals surface area (Å²) in [6.07, 6.45) is 11.6. The van der Waals surface area contributed by atoms with Gasteiger partial charge in [0, 0.05) is 11.3 Å². The molecule has 0 aromatic carbocycles. The molecule has 29 heavy (non-hydrogen) atoms. The average Bonchev–Trinajstić information content (AvgIpc) is 2.69. The zero-order valence-electron chi connectivity index (χ0n) is 21.0. The second kappa shape index (κ2) is 11.5. The molecule has 0 spiro atoms. The predicted octanol–water partition coefficient (Wildman–Crippen LogP) is 8.14. The molecule has 0 aliphatic heterocycles. The van der Waals surface area contributed by atoms with Crippen LogP contribution in [-0.2, 0) is 19.6 Å². The summed E-state index contributed by atoms with van der Waals surface area (Å²) in [4.78, 5) is 25.1. The van der Waals surface area contributed by atoms with Gasteiger partial charge in [-0.05, 0) is 52.4 Å². The van der Waals surface area contributed by atoms with Gasteiger partial charge in [0.15, 0.2) is 0 Å². The Balaban J connectivity index is 3.07. The molecular formula is C25H50O4. The van der Waals surface area contributed by atoms with Gasteiger partial charge in [0.05, 0.1) is 0 Å². The number of hydrogen-bond acceptors (Lipinski definition) is 4. The van der Waals surface area contributed by atoms with Gasteiger partial charge in [-0.1, -0.05) is 80.6 Å². The van der Waals surface area contributed by atoms with Crippen LogP contribution in [-0.4, -0.2) is 17.0 Å². The average molecular weight is 415 g/mol. The topological polar surface area (TPSA) is 36.9 Å². The molecule has 1 fully saturated rings. The second-order valence-corrected chi connectivity index (χ2v) is 10.5. The van der Waals surface area contributed by atoms with Crippen molar-refractivity contribution in [3.8, 4) is 0 Å². The highest BCUT2D eigenvalue weighted by atomic mass is 17.3. The SMILES string of the molecule is CCCCC(C)(CC)OOC1(OOC(C)(CC)CCCC)C(C)CCCC1(C)C. The second-order valence-electron chi connectivity index (χ2n) is 10.5. The molecule has 0 aromatic rings. The first kappa shape index (κ1) is 26.9. The predicted molar refractivity (Wildman–Crippen MR) is 120 cm³/mol. The van der Waals surface area contributed by atoms with Gasteiger partial charge >= 0.3 is 0 Å². The van der Waals surface area contributed by atoms with E-state index in [1.165, 1.54) is 6.42 Å². The maximum Gasteiger partial charge on any atom is 0.241 e. The van der Waals surface area contributed by atoms with Crippen LogP contribution in [0.1, 0.15) is 133 Å². The Hall–Kier alpha value is -0.160. The molecule has 1 aliphatic rings. The van der Waals surface area contributed by atoms with Gasteiger partial charge in [0.25, 0.3) is 0 Å². The van der Waals surface area contributed by atoms with Crippen molar-refractivity contribution in [1.29, 1.82) is 0 Å². The third-order valence-corrected chi connectivity index (χ3v) is 7.38. The lowest BCUT2D eigenvalue weighted by molar-refractivity contribution is -0.579. The first-order valence-electron chi connectivity index (χ1n) is 12.3. The Bertz CT molecular complexity index is 438. The van der Waals surface area contributed by atoms with Gasteiger partial charge in [-0.15, -0.1) is 0 Å². The summed E-state index contributed by atoms with van der Waals surface area (Å²) in [5, 5.41) is 0. The molecule has 0 radical (unpaired) electrons. The van der Waals surface area contributed by atoms with Gasteiger partial charge in [-0.3, -0.25) is 0 Å². The van der Waals surface area contributed by atoms with E-state index < -0.39 is 5.79 Å². The van der Waals surface area contributed by atoms with Crippen molar-refractivity contribution in [2.45, 2.75) is 150 Å². The van der Waals surface area contributed by atoms with Gasteiger partial charge in [0.2, 0.25) is 5.79 Å². The quantitative estimate of drug-likeness (QED) is 0.163. The fourth-order valence-electron chi connectivity index (χ4n) is 4.27. The highest BCUT2D eigenvalue weighted by Gasteiger charge is 2.57. The van der Waals surface area contributed by atoms with E-state index >= 15 is 0 Å². The molecule has 0 N–H and O–H groups in total. The molecule has 1 aliphatic carbocycles. The van der Waals surface area contributed by atoms with E-state index in [-0.39, 0.29) is 22.5 Å². The fraction of sp³-hybridized carbons (Fsp3) is 1.00. The van der Waals surface area contributed by atoms with E-state index in [4.69, 9.17) is 19.6 Å². The molecule has 174 valence electrons. The van der Waals surface area contributed by atoms with Gasteiger partial charge in [-0.25, -0.2) is 9.78 Å². The highest BCUT2D eigenvalue weighted by Crippen LogP contribution is 2.51. The van der Waals surface area contributed by atoms with Crippen LogP contribution in [0.15, 0.2) is 0 Å². The van der Waals surface area contributed by atoms with Gasteiger partial charge < -0.3 is 0 Å². The van der Waals surface area contributed by atoms with Crippen molar-refractivity contribution in [3.05, 3.63) is 0 Å². The van der Waals surface area contributed by atoms with E-state index in [2.05, 4.69) is 62.3 Å². The van der Waals surface area contributed by atoms with E-state index in [1.54, 1.807) is 0 Å². The Morgan fingerprint density at radius 2 is 1.28 bits per heavy atom. The summed E-state index contributed by atoms with van der Waals surface area (Å²) in [6.45, 7) is 19.7. The summed E-state index contributed by atoms with van der Waals surface area (Å²) < 4.78 is 0. The van der Waals surface area contributed by atoms with Crippen molar-refractivity contribution >= 4 is 0 Å². The third-order valence-electron chi connectivity index (χ3n) is 7.38. The molecule has 1 rings (SSSR count). The summed E-state index contributed by atoms with van der Waals surface area (Å²) >= 11 is 0. The molecule has 3 atom stereocenters. The van der Waals surface area contributed by atoms with Crippen molar-refractivity contribution in [1.82, 2.24) is 0 Å². The van der Waals surface area contributed by atoms with Crippen molar-refractivity contribution in [2.24, 2.45) is 11.3 Å². The number of hydrogen-bond donors (Lipinski definition) is 0. The smallest absolute Gasteiger partial charge is 0.227 e. The molecule has 0 aromatic heterocycles. The van der Waals surface area contributed by atoms with Gasteiger partial charge in [-0.2, -0.15) is 9.78 Å². The molecule has 3 unspecified atom stereocenters. The van der Waals surface area contributed by atoms with Crippen molar-refractivity contribution in [3.63, 3.8) is 0 Å². The minimum Gasteiger partial charge on any atom is -0.227 e. The lowest BCUT2D eigenvalue weighted by atomic mass is 9.67. The lowest BCUT2D eigenvalue weighted by Crippen LogP contribution is -2.58. The van der Waals surface area contributed by atoms with Crippen LogP contribution >= 0.6 is 0 Å². The van der Waals surface area contributed by atoms with Crippen molar-refractivity contribution in [2.75, 3.05) is 0 Å². The minimum atomic E-state index is -0.906. The number of rotatable bonds is 14. The fourth-order valence-corrected chi connectivity index (χ4v) is 4.27. The zero-order chi connectivity index (χ0) is 22.2. The van der Waals surface area contributed by atoms with Crippen LogP contribution in [0.2, 0.25) is 0 Å². The summed E-state index contributed by atoms with van der Waals surface area (Å²) in [7, 11) is 0. The first-order chi connectivity index (χ1) is 13.5. The first-order valence-corrected chi connectivity index (χ1v) is 12.3. The minimum absolute atomic E-state index is 0.186. The van der Waals surface area contributed by atoms with E-state index in [0.29, 0.717) is 0 Å². The van der Waals surface area contributed by atoms with E-state index in [1.807, 2.05) is 0 Å². The van der Waals surface area contributed by atoms with Crippen LogP contribution in [0.3, 0.4) is 0 Å². The zero-order valence-corrected chi connectivity index (χ0v) is 21.0. The molecule has 4 nitrogen and oxygen atoms in total. The van der Waals surface area contributed by atoms with Gasteiger partial charge in [0.1, 0.15) is 11.2 Å². The molecule has 0 bridgehead atoms. The maximum absolute atomic E-state index is 6.35. The number of unbranched alkanes of at least 4 members (excludes halogenated alkanes) is 2. The van der Waals surface area contributed by atoms with Crippen LogP contribution in [0, 0.1) is 11.3 Å². The molecule has 0 saturated heterocycles. The maximum atomic E-state index is 6.35. The third kappa shape index (κ3) is 6.92. The largest absolute Gasteiger partial charge is 0.241 e.